The van der Waals surface area contributed by atoms with Gasteiger partial charge in [-0.1, -0.05) is 6.92 Å². The van der Waals surface area contributed by atoms with Gasteiger partial charge in [-0.15, -0.1) is 0 Å². The van der Waals surface area contributed by atoms with Gasteiger partial charge in [-0.3, -0.25) is 9.48 Å². The third-order valence-electron chi connectivity index (χ3n) is 6.23. The summed E-state index contributed by atoms with van der Waals surface area (Å²) in [5, 5.41) is 4.47. The van der Waals surface area contributed by atoms with E-state index in [0.717, 1.165) is 49.2 Å². The summed E-state index contributed by atoms with van der Waals surface area (Å²) in [5.74, 6) is 1.96. The third kappa shape index (κ3) is 5.32. The molecule has 0 N–H and O–H groups in total. The Kier molecular flexibility index (Phi) is 6.74. The van der Waals surface area contributed by atoms with Gasteiger partial charge in [0.2, 0.25) is 5.91 Å². The van der Waals surface area contributed by atoms with E-state index in [2.05, 4.69) is 34.8 Å². The second kappa shape index (κ2) is 9.03. The lowest BCUT2D eigenvalue weighted by Crippen LogP contribution is -2.37. The molecular weight excluding hydrogens is 324 g/mol. The SMILES string of the molecule is Cc1cc(C)n(CCC(=O)N2CCCC(CN3CCC(C)CC3)CC2)n1. The molecule has 1 atom stereocenters. The zero-order valence-corrected chi connectivity index (χ0v) is 16.9. The number of piperidine rings is 1. The van der Waals surface area contributed by atoms with Gasteiger partial charge in [0.1, 0.15) is 0 Å². The fourth-order valence-corrected chi connectivity index (χ4v) is 4.47. The lowest BCUT2D eigenvalue weighted by molar-refractivity contribution is -0.131. The zero-order chi connectivity index (χ0) is 18.5. The fraction of sp³-hybridized carbons (Fsp3) is 0.810. The van der Waals surface area contributed by atoms with Gasteiger partial charge in [0.05, 0.1) is 5.69 Å². The van der Waals surface area contributed by atoms with Crippen molar-refractivity contribution in [1.82, 2.24) is 19.6 Å². The maximum atomic E-state index is 12.6. The van der Waals surface area contributed by atoms with Crippen LogP contribution in [-0.4, -0.2) is 58.2 Å². The molecule has 0 saturated carbocycles. The smallest absolute Gasteiger partial charge is 0.224 e. The summed E-state index contributed by atoms with van der Waals surface area (Å²) in [6.45, 7) is 12.8. The Morgan fingerprint density at radius 2 is 1.88 bits per heavy atom. The van der Waals surface area contributed by atoms with E-state index < -0.39 is 0 Å². The van der Waals surface area contributed by atoms with E-state index in [9.17, 15) is 4.79 Å². The van der Waals surface area contributed by atoms with Crippen molar-refractivity contribution in [2.24, 2.45) is 11.8 Å². The van der Waals surface area contributed by atoms with Crippen molar-refractivity contribution in [1.29, 1.82) is 0 Å². The number of carbonyl (C=O) groups is 1. The number of hydrogen-bond acceptors (Lipinski definition) is 3. The summed E-state index contributed by atoms with van der Waals surface area (Å²) in [6, 6.07) is 2.07. The first-order chi connectivity index (χ1) is 12.5. The van der Waals surface area contributed by atoms with Crippen LogP contribution < -0.4 is 0 Å². The zero-order valence-electron chi connectivity index (χ0n) is 16.9. The normalized spacial score (nSPS) is 23.2. The highest BCUT2D eigenvalue weighted by atomic mass is 16.2. The highest BCUT2D eigenvalue weighted by Gasteiger charge is 2.24. The van der Waals surface area contributed by atoms with Gasteiger partial charge < -0.3 is 9.80 Å². The van der Waals surface area contributed by atoms with E-state index in [1.54, 1.807) is 0 Å². The maximum Gasteiger partial charge on any atom is 0.224 e. The summed E-state index contributed by atoms with van der Waals surface area (Å²) >= 11 is 0. The van der Waals surface area contributed by atoms with Gasteiger partial charge >= 0.3 is 0 Å². The van der Waals surface area contributed by atoms with Crippen LogP contribution in [0.15, 0.2) is 6.07 Å². The minimum atomic E-state index is 0.296. The molecular formula is C21H36N4O. The minimum absolute atomic E-state index is 0.296. The molecule has 5 nitrogen and oxygen atoms in total. The summed E-state index contributed by atoms with van der Waals surface area (Å²) in [7, 11) is 0. The largest absolute Gasteiger partial charge is 0.343 e. The molecule has 0 aromatic carbocycles. The molecule has 26 heavy (non-hydrogen) atoms. The summed E-state index contributed by atoms with van der Waals surface area (Å²) in [5.41, 5.74) is 2.17. The van der Waals surface area contributed by atoms with E-state index in [1.165, 1.54) is 38.9 Å². The number of nitrogens with zero attached hydrogens (tertiary/aromatic N) is 4. The van der Waals surface area contributed by atoms with E-state index in [0.29, 0.717) is 18.9 Å². The Bertz CT molecular complexity index is 589. The fourth-order valence-electron chi connectivity index (χ4n) is 4.47. The molecule has 2 saturated heterocycles. The molecule has 3 rings (SSSR count). The molecule has 1 aromatic rings. The summed E-state index contributed by atoms with van der Waals surface area (Å²) in [6.07, 6.45) is 6.86. The van der Waals surface area contributed by atoms with Crippen LogP contribution in [0.5, 0.6) is 0 Å². The predicted molar refractivity (Wildman–Crippen MR) is 105 cm³/mol. The third-order valence-corrected chi connectivity index (χ3v) is 6.23. The quantitative estimate of drug-likeness (QED) is 0.809. The minimum Gasteiger partial charge on any atom is -0.343 e. The van der Waals surface area contributed by atoms with Crippen LogP contribution in [0.3, 0.4) is 0 Å². The standard InChI is InChI=1S/C21H36N4O/c1-17-6-11-23(12-7-17)16-20-5-4-10-24(13-8-20)21(26)9-14-25-19(3)15-18(2)22-25/h15,17,20H,4-14,16H2,1-3H3. The van der Waals surface area contributed by atoms with E-state index >= 15 is 0 Å². The topological polar surface area (TPSA) is 41.4 Å². The first-order valence-electron chi connectivity index (χ1n) is 10.5. The lowest BCUT2D eigenvalue weighted by atomic mass is 9.95. The average molecular weight is 361 g/mol. The molecule has 1 unspecified atom stereocenters. The molecule has 1 amide bonds. The van der Waals surface area contributed by atoms with Gasteiger partial charge in [0.15, 0.2) is 0 Å². The van der Waals surface area contributed by atoms with Gasteiger partial charge in [0, 0.05) is 38.3 Å². The molecule has 2 aliphatic heterocycles. The number of carbonyl (C=O) groups excluding carboxylic acids is 1. The van der Waals surface area contributed by atoms with Crippen LogP contribution in [0.1, 0.15) is 56.8 Å². The number of rotatable bonds is 5. The second-order valence-corrected chi connectivity index (χ2v) is 8.56. The number of hydrogen-bond donors (Lipinski definition) is 0. The molecule has 0 bridgehead atoms. The number of likely N-dealkylation sites (tertiary alicyclic amines) is 2. The van der Waals surface area contributed by atoms with E-state index in [4.69, 9.17) is 0 Å². The van der Waals surface area contributed by atoms with E-state index in [-0.39, 0.29) is 0 Å². The Balaban J connectivity index is 1.42. The van der Waals surface area contributed by atoms with Crippen LogP contribution in [0, 0.1) is 25.7 Å². The number of amides is 1. The van der Waals surface area contributed by atoms with Crippen molar-refractivity contribution < 1.29 is 4.79 Å². The molecule has 1 aromatic heterocycles. The molecule has 146 valence electrons. The Morgan fingerprint density at radius 1 is 1.12 bits per heavy atom. The van der Waals surface area contributed by atoms with Crippen LogP contribution in [0.4, 0.5) is 0 Å². The second-order valence-electron chi connectivity index (χ2n) is 8.56. The molecule has 5 heteroatoms. The highest BCUT2D eigenvalue weighted by Crippen LogP contribution is 2.23. The molecule has 0 aliphatic carbocycles. The van der Waals surface area contributed by atoms with Gasteiger partial charge in [-0.25, -0.2) is 0 Å². The summed E-state index contributed by atoms with van der Waals surface area (Å²) in [4.78, 5) is 17.4. The maximum absolute atomic E-state index is 12.6. The Labute approximate surface area is 158 Å². The molecule has 2 fully saturated rings. The molecule has 0 spiro atoms. The highest BCUT2D eigenvalue weighted by molar-refractivity contribution is 5.76. The number of aryl methyl sites for hydroxylation is 3. The first kappa shape index (κ1) is 19.4. The first-order valence-corrected chi connectivity index (χ1v) is 10.5. The van der Waals surface area contributed by atoms with Crippen molar-refractivity contribution in [3.63, 3.8) is 0 Å². The van der Waals surface area contributed by atoms with Gasteiger partial charge in [0.25, 0.3) is 0 Å². The Hall–Kier alpha value is -1.36. The van der Waals surface area contributed by atoms with Crippen LogP contribution >= 0.6 is 0 Å². The van der Waals surface area contributed by atoms with Gasteiger partial charge in [-0.05, 0) is 76.9 Å². The Morgan fingerprint density at radius 3 is 2.58 bits per heavy atom. The van der Waals surface area contributed by atoms with Crippen LogP contribution in [0.25, 0.3) is 0 Å². The van der Waals surface area contributed by atoms with Crippen molar-refractivity contribution >= 4 is 5.91 Å². The van der Waals surface area contributed by atoms with Crippen LogP contribution in [0.2, 0.25) is 0 Å². The average Bonchev–Trinajstić information content (AvgIpc) is 2.81. The monoisotopic (exact) mass is 360 g/mol. The van der Waals surface area contributed by atoms with Crippen LogP contribution in [-0.2, 0) is 11.3 Å². The van der Waals surface area contributed by atoms with Crippen molar-refractivity contribution in [2.75, 3.05) is 32.7 Å². The number of aromatic nitrogens is 2. The van der Waals surface area contributed by atoms with Gasteiger partial charge in [-0.2, -0.15) is 5.10 Å². The molecule has 2 aliphatic rings. The predicted octanol–water partition coefficient (Wildman–Crippen LogP) is 3.25. The molecule has 3 heterocycles. The van der Waals surface area contributed by atoms with Crippen molar-refractivity contribution in [2.45, 2.75) is 65.8 Å². The molecule has 0 radical (unpaired) electrons. The lowest BCUT2D eigenvalue weighted by Gasteiger charge is -2.32. The summed E-state index contributed by atoms with van der Waals surface area (Å²) < 4.78 is 1.96. The van der Waals surface area contributed by atoms with Crippen molar-refractivity contribution in [3.8, 4) is 0 Å². The van der Waals surface area contributed by atoms with E-state index in [1.807, 2.05) is 11.6 Å². The van der Waals surface area contributed by atoms with Crippen molar-refractivity contribution in [3.05, 3.63) is 17.5 Å².